The molecule has 1 fully saturated rings. The van der Waals surface area contributed by atoms with Gasteiger partial charge in [-0.3, -0.25) is 4.79 Å². The van der Waals surface area contributed by atoms with Crippen molar-refractivity contribution in [3.63, 3.8) is 0 Å². The quantitative estimate of drug-likeness (QED) is 0.662. The van der Waals surface area contributed by atoms with E-state index >= 15 is 0 Å². The molecular weight excluding hydrogens is 190 g/mol. The number of rotatable bonds is 6. The van der Waals surface area contributed by atoms with E-state index in [1.165, 1.54) is 0 Å². The van der Waals surface area contributed by atoms with Gasteiger partial charge in [0.2, 0.25) is 5.91 Å². The Morgan fingerprint density at radius 1 is 1.40 bits per heavy atom. The fraction of sp³-hybridized carbons (Fsp3) is 0.909. The molecule has 0 aromatic rings. The summed E-state index contributed by atoms with van der Waals surface area (Å²) in [5.74, 6) is 0.118. The molecule has 1 amide bonds. The number of amides is 1. The van der Waals surface area contributed by atoms with Crippen LogP contribution in [0.4, 0.5) is 0 Å². The molecule has 0 spiro atoms. The van der Waals surface area contributed by atoms with Gasteiger partial charge in [-0.1, -0.05) is 0 Å². The molecule has 0 aromatic heterocycles. The first-order valence-corrected chi connectivity index (χ1v) is 5.59. The van der Waals surface area contributed by atoms with Crippen LogP contribution in [0.2, 0.25) is 0 Å². The fourth-order valence-electron chi connectivity index (χ4n) is 1.15. The van der Waals surface area contributed by atoms with Crippen molar-refractivity contribution in [1.29, 1.82) is 0 Å². The molecule has 1 rings (SSSR count). The van der Waals surface area contributed by atoms with E-state index in [-0.39, 0.29) is 11.4 Å². The van der Waals surface area contributed by atoms with E-state index < -0.39 is 0 Å². The highest BCUT2D eigenvalue weighted by Crippen LogP contribution is 2.18. The highest BCUT2D eigenvalue weighted by molar-refractivity contribution is 5.78. The van der Waals surface area contributed by atoms with Gasteiger partial charge < -0.3 is 15.5 Å². The van der Waals surface area contributed by atoms with Crippen LogP contribution in [0.25, 0.3) is 0 Å². The Morgan fingerprint density at radius 2 is 2.00 bits per heavy atom. The summed E-state index contributed by atoms with van der Waals surface area (Å²) in [5.41, 5.74) is 0.0832. The number of nitrogens with zero attached hydrogens (tertiary/aromatic N) is 1. The molecule has 1 aliphatic carbocycles. The monoisotopic (exact) mass is 213 g/mol. The van der Waals surface area contributed by atoms with Gasteiger partial charge in [0, 0.05) is 18.1 Å². The average Bonchev–Trinajstić information content (AvgIpc) is 2.87. The molecule has 1 saturated carbocycles. The molecule has 0 radical (unpaired) electrons. The van der Waals surface area contributed by atoms with Gasteiger partial charge in [0.15, 0.2) is 0 Å². The summed E-state index contributed by atoms with van der Waals surface area (Å²) in [4.78, 5) is 13.5. The summed E-state index contributed by atoms with van der Waals surface area (Å²) in [6.45, 7) is 5.55. The Kier molecular flexibility index (Phi) is 4.11. The van der Waals surface area contributed by atoms with Gasteiger partial charge in [-0.05, 0) is 40.8 Å². The van der Waals surface area contributed by atoms with Gasteiger partial charge in [0.1, 0.15) is 0 Å². The SMILES string of the molecule is CN(C)C(C)(C)CNCC(=O)NC1CC1. The lowest BCUT2D eigenvalue weighted by Crippen LogP contribution is -2.48. The first-order chi connectivity index (χ1) is 6.92. The van der Waals surface area contributed by atoms with Crippen molar-refractivity contribution in [1.82, 2.24) is 15.5 Å². The molecule has 2 N–H and O–H groups in total. The molecule has 1 aliphatic rings. The van der Waals surface area contributed by atoms with E-state index in [1.54, 1.807) is 0 Å². The maximum atomic E-state index is 11.4. The molecule has 88 valence electrons. The lowest BCUT2D eigenvalue weighted by molar-refractivity contribution is -0.120. The van der Waals surface area contributed by atoms with Crippen molar-refractivity contribution >= 4 is 5.91 Å². The lowest BCUT2D eigenvalue weighted by Gasteiger charge is -2.32. The van der Waals surface area contributed by atoms with E-state index in [2.05, 4.69) is 29.4 Å². The molecule has 0 heterocycles. The predicted molar refractivity (Wildman–Crippen MR) is 61.8 cm³/mol. The van der Waals surface area contributed by atoms with Gasteiger partial charge in [-0.25, -0.2) is 0 Å². The third-order valence-corrected chi connectivity index (χ3v) is 3.00. The van der Waals surface area contributed by atoms with E-state index in [1.807, 2.05) is 14.1 Å². The standard InChI is InChI=1S/C11H23N3O/c1-11(2,14(3)4)8-12-7-10(15)13-9-5-6-9/h9,12H,5-8H2,1-4H3,(H,13,15). The van der Waals surface area contributed by atoms with Crippen LogP contribution in [0, 0.1) is 0 Å². The van der Waals surface area contributed by atoms with Crippen LogP contribution in [0.5, 0.6) is 0 Å². The van der Waals surface area contributed by atoms with Crippen LogP contribution in [-0.4, -0.2) is 49.6 Å². The van der Waals surface area contributed by atoms with E-state index in [0.717, 1.165) is 19.4 Å². The first-order valence-electron chi connectivity index (χ1n) is 5.59. The third-order valence-electron chi connectivity index (χ3n) is 3.00. The fourth-order valence-corrected chi connectivity index (χ4v) is 1.15. The van der Waals surface area contributed by atoms with Gasteiger partial charge in [0.05, 0.1) is 6.54 Å². The molecule has 0 saturated heterocycles. The minimum atomic E-state index is 0.0832. The topological polar surface area (TPSA) is 44.4 Å². The van der Waals surface area contributed by atoms with Gasteiger partial charge in [-0.2, -0.15) is 0 Å². The van der Waals surface area contributed by atoms with Gasteiger partial charge in [-0.15, -0.1) is 0 Å². The van der Waals surface area contributed by atoms with Crippen LogP contribution < -0.4 is 10.6 Å². The third kappa shape index (κ3) is 4.62. The smallest absolute Gasteiger partial charge is 0.234 e. The van der Waals surface area contributed by atoms with E-state index in [9.17, 15) is 4.79 Å². The summed E-state index contributed by atoms with van der Waals surface area (Å²) in [7, 11) is 4.10. The Labute approximate surface area is 92.4 Å². The normalized spacial score (nSPS) is 16.9. The van der Waals surface area contributed by atoms with Gasteiger partial charge in [0.25, 0.3) is 0 Å². The lowest BCUT2D eigenvalue weighted by atomic mass is 10.0. The molecule has 15 heavy (non-hydrogen) atoms. The van der Waals surface area contributed by atoms with Crippen molar-refractivity contribution < 1.29 is 4.79 Å². The Morgan fingerprint density at radius 3 is 2.47 bits per heavy atom. The molecule has 0 aliphatic heterocycles. The molecule has 0 unspecified atom stereocenters. The minimum absolute atomic E-state index is 0.0832. The summed E-state index contributed by atoms with van der Waals surface area (Å²) < 4.78 is 0. The first kappa shape index (κ1) is 12.5. The molecular formula is C11H23N3O. The number of nitrogens with one attached hydrogen (secondary N) is 2. The Balaban J connectivity index is 2.11. The number of carbonyl (C=O) groups excluding carboxylic acids is 1. The molecule has 0 aromatic carbocycles. The second kappa shape index (κ2) is 4.94. The number of hydrogen-bond acceptors (Lipinski definition) is 3. The largest absolute Gasteiger partial charge is 0.352 e. The van der Waals surface area contributed by atoms with Crippen molar-refractivity contribution in [2.75, 3.05) is 27.2 Å². The van der Waals surface area contributed by atoms with Crippen LogP contribution in [0.3, 0.4) is 0 Å². The van der Waals surface area contributed by atoms with Crippen LogP contribution in [0.1, 0.15) is 26.7 Å². The van der Waals surface area contributed by atoms with Crippen molar-refractivity contribution in [2.24, 2.45) is 0 Å². The number of likely N-dealkylation sites (N-methyl/N-ethyl adjacent to an activating group) is 1. The Bertz CT molecular complexity index is 222. The Hall–Kier alpha value is -0.610. The summed E-state index contributed by atoms with van der Waals surface area (Å²) in [6.07, 6.45) is 2.30. The summed E-state index contributed by atoms with van der Waals surface area (Å²) in [6, 6.07) is 0.459. The highest BCUT2D eigenvalue weighted by Gasteiger charge is 2.24. The maximum Gasteiger partial charge on any atom is 0.234 e. The van der Waals surface area contributed by atoms with E-state index in [4.69, 9.17) is 0 Å². The van der Waals surface area contributed by atoms with Gasteiger partial charge >= 0.3 is 0 Å². The van der Waals surface area contributed by atoms with Crippen molar-refractivity contribution in [2.45, 2.75) is 38.3 Å². The number of carbonyl (C=O) groups is 1. The zero-order chi connectivity index (χ0) is 11.5. The van der Waals surface area contributed by atoms with E-state index in [0.29, 0.717) is 12.6 Å². The molecule has 0 bridgehead atoms. The van der Waals surface area contributed by atoms with Crippen molar-refractivity contribution in [3.8, 4) is 0 Å². The summed E-state index contributed by atoms with van der Waals surface area (Å²) >= 11 is 0. The average molecular weight is 213 g/mol. The van der Waals surface area contributed by atoms with Crippen molar-refractivity contribution in [3.05, 3.63) is 0 Å². The second-order valence-electron chi connectivity index (χ2n) is 5.15. The maximum absolute atomic E-state index is 11.4. The highest BCUT2D eigenvalue weighted by atomic mass is 16.2. The zero-order valence-corrected chi connectivity index (χ0v) is 10.3. The van der Waals surface area contributed by atoms with Crippen LogP contribution in [-0.2, 0) is 4.79 Å². The summed E-state index contributed by atoms with van der Waals surface area (Å²) in [5, 5.41) is 6.14. The molecule has 0 atom stereocenters. The minimum Gasteiger partial charge on any atom is -0.352 e. The molecule has 4 heteroatoms. The second-order valence-corrected chi connectivity index (χ2v) is 5.15. The van der Waals surface area contributed by atoms with Crippen LogP contribution >= 0.6 is 0 Å². The molecule has 4 nitrogen and oxygen atoms in total. The van der Waals surface area contributed by atoms with Crippen LogP contribution in [0.15, 0.2) is 0 Å². The zero-order valence-electron chi connectivity index (χ0n) is 10.3. The predicted octanol–water partition coefficient (Wildman–Crippen LogP) is 0.195. The number of hydrogen-bond donors (Lipinski definition) is 2.